The highest BCUT2D eigenvalue weighted by molar-refractivity contribution is 6.21. The van der Waals surface area contributed by atoms with Crippen molar-refractivity contribution in [3.63, 3.8) is 0 Å². The predicted octanol–water partition coefficient (Wildman–Crippen LogP) is 2.11. The lowest BCUT2D eigenvalue weighted by atomic mass is 9.92. The molecule has 0 aromatic carbocycles. The van der Waals surface area contributed by atoms with Crippen molar-refractivity contribution in [2.75, 3.05) is 5.32 Å². The first kappa shape index (κ1) is 9.65. The second-order valence-corrected chi connectivity index (χ2v) is 4.15. The third-order valence-electron chi connectivity index (χ3n) is 2.39. The summed E-state index contributed by atoms with van der Waals surface area (Å²) in [5.74, 6) is -0.0865. The molecule has 1 fully saturated rings. The molecular formula is C9H11ClFN3. The quantitative estimate of drug-likeness (QED) is 0.768. The van der Waals surface area contributed by atoms with Crippen LogP contribution in [0, 0.1) is 12.7 Å². The smallest absolute Gasteiger partial charge is 0.186 e. The van der Waals surface area contributed by atoms with Gasteiger partial charge in [0.25, 0.3) is 0 Å². The van der Waals surface area contributed by atoms with Crippen LogP contribution in [0.25, 0.3) is 0 Å². The van der Waals surface area contributed by atoms with E-state index in [-0.39, 0.29) is 23.1 Å². The summed E-state index contributed by atoms with van der Waals surface area (Å²) in [6, 6.07) is 0.251. The van der Waals surface area contributed by atoms with Crippen molar-refractivity contribution in [1.29, 1.82) is 0 Å². The zero-order chi connectivity index (χ0) is 10.1. The Balaban J connectivity index is 2.06. The van der Waals surface area contributed by atoms with Gasteiger partial charge in [0.1, 0.15) is 6.33 Å². The van der Waals surface area contributed by atoms with Gasteiger partial charge in [-0.1, -0.05) is 0 Å². The van der Waals surface area contributed by atoms with E-state index in [0.717, 1.165) is 12.8 Å². The van der Waals surface area contributed by atoms with Gasteiger partial charge in [-0.15, -0.1) is 11.6 Å². The van der Waals surface area contributed by atoms with Gasteiger partial charge in [-0.05, 0) is 19.8 Å². The van der Waals surface area contributed by atoms with E-state index in [4.69, 9.17) is 11.6 Å². The monoisotopic (exact) mass is 215 g/mol. The Labute approximate surface area is 86.7 Å². The van der Waals surface area contributed by atoms with Gasteiger partial charge in [-0.2, -0.15) is 0 Å². The first-order valence-corrected chi connectivity index (χ1v) is 4.98. The van der Waals surface area contributed by atoms with Crippen LogP contribution in [0.1, 0.15) is 18.5 Å². The molecule has 14 heavy (non-hydrogen) atoms. The van der Waals surface area contributed by atoms with E-state index in [1.807, 2.05) is 0 Å². The van der Waals surface area contributed by atoms with Crippen LogP contribution in [-0.4, -0.2) is 21.4 Å². The second kappa shape index (κ2) is 3.69. The van der Waals surface area contributed by atoms with Crippen LogP contribution in [0.4, 0.5) is 10.2 Å². The number of nitrogens with one attached hydrogen (secondary N) is 1. The summed E-state index contributed by atoms with van der Waals surface area (Å²) in [4.78, 5) is 7.60. The molecule has 0 atom stereocenters. The Morgan fingerprint density at radius 2 is 2.21 bits per heavy atom. The summed E-state index contributed by atoms with van der Waals surface area (Å²) in [6.45, 7) is 1.62. The van der Waals surface area contributed by atoms with Crippen molar-refractivity contribution in [3.8, 4) is 0 Å². The maximum Gasteiger partial charge on any atom is 0.186 e. The van der Waals surface area contributed by atoms with Gasteiger partial charge in [0, 0.05) is 11.4 Å². The molecule has 0 radical (unpaired) electrons. The van der Waals surface area contributed by atoms with Gasteiger partial charge in [0.2, 0.25) is 0 Å². The van der Waals surface area contributed by atoms with Gasteiger partial charge < -0.3 is 5.32 Å². The van der Waals surface area contributed by atoms with Crippen LogP contribution < -0.4 is 5.32 Å². The Bertz CT molecular complexity index is 339. The first-order chi connectivity index (χ1) is 6.66. The van der Waals surface area contributed by atoms with E-state index in [9.17, 15) is 4.39 Å². The minimum absolute atomic E-state index is 0.221. The number of anilines is 1. The summed E-state index contributed by atoms with van der Waals surface area (Å²) in [7, 11) is 0. The molecule has 1 saturated carbocycles. The SMILES string of the molecule is Cc1ncnc(NC2CC(Cl)C2)c1F. The Kier molecular flexibility index (Phi) is 2.54. The van der Waals surface area contributed by atoms with Gasteiger partial charge >= 0.3 is 0 Å². The van der Waals surface area contributed by atoms with Crippen LogP contribution in [-0.2, 0) is 0 Å². The van der Waals surface area contributed by atoms with Crippen molar-refractivity contribution in [2.45, 2.75) is 31.2 Å². The van der Waals surface area contributed by atoms with E-state index in [2.05, 4.69) is 15.3 Å². The minimum atomic E-state index is -0.370. The zero-order valence-corrected chi connectivity index (χ0v) is 8.55. The molecule has 1 aromatic heterocycles. The molecule has 0 bridgehead atoms. The fourth-order valence-electron chi connectivity index (χ4n) is 1.42. The molecular weight excluding hydrogens is 205 g/mol. The maximum atomic E-state index is 13.4. The van der Waals surface area contributed by atoms with Crippen molar-refractivity contribution in [1.82, 2.24) is 9.97 Å². The zero-order valence-electron chi connectivity index (χ0n) is 7.80. The van der Waals surface area contributed by atoms with Crippen LogP contribution in [0.3, 0.4) is 0 Å². The highest BCUT2D eigenvalue weighted by atomic mass is 35.5. The lowest BCUT2D eigenvalue weighted by Crippen LogP contribution is -2.36. The summed E-state index contributed by atoms with van der Waals surface area (Å²) in [6.07, 6.45) is 3.09. The second-order valence-electron chi connectivity index (χ2n) is 3.53. The largest absolute Gasteiger partial charge is 0.365 e. The number of alkyl halides is 1. The van der Waals surface area contributed by atoms with Gasteiger partial charge in [-0.25, -0.2) is 14.4 Å². The molecule has 2 rings (SSSR count). The van der Waals surface area contributed by atoms with Crippen LogP contribution in [0.5, 0.6) is 0 Å². The number of aromatic nitrogens is 2. The number of hydrogen-bond acceptors (Lipinski definition) is 3. The van der Waals surface area contributed by atoms with E-state index in [0.29, 0.717) is 5.69 Å². The minimum Gasteiger partial charge on any atom is -0.365 e. The highest BCUT2D eigenvalue weighted by Gasteiger charge is 2.28. The summed E-state index contributed by atoms with van der Waals surface area (Å²) >= 11 is 5.81. The van der Waals surface area contributed by atoms with Crippen molar-refractivity contribution < 1.29 is 4.39 Å². The lowest BCUT2D eigenvalue weighted by Gasteiger charge is -2.31. The number of rotatable bonds is 2. The van der Waals surface area contributed by atoms with Crippen LogP contribution in [0.15, 0.2) is 6.33 Å². The standard InChI is InChI=1S/C9H11ClFN3/c1-5-8(11)9(13-4-12-5)14-7-2-6(10)3-7/h4,6-7H,2-3H2,1H3,(H,12,13,14). The normalized spacial score (nSPS) is 25.6. The summed E-state index contributed by atoms with van der Waals surface area (Å²) < 4.78 is 13.4. The molecule has 0 spiro atoms. The number of nitrogens with zero attached hydrogens (tertiary/aromatic N) is 2. The van der Waals surface area contributed by atoms with Gasteiger partial charge in [0.15, 0.2) is 11.6 Å². The van der Waals surface area contributed by atoms with Gasteiger partial charge in [0.05, 0.1) is 5.69 Å². The molecule has 76 valence electrons. The molecule has 1 N–H and O–H groups in total. The Hall–Kier alpha value is -0.900. The lowest BCUT2D eigenvalue weighted by molar-refractivity contribution is 0.450. The fourth-order valence-corrected chi connectivity index (χ4v) is 1.85. The summed E-state index contributed by atoms with van der Waals surface area (Å²) in [5.41, 5.74) is 0.365. The van der Waals surface area contributed by atoms with Crippen LogP contribution in [0.2, 0.25) is 0 Å². The number of halogens is 2. The molecule has 5 heteroatoms. The average Bonchev–Trinajstić information content (AvgIpc) is 2.10. The van der Waals surface area contributed by atoms with E-state index >= 15 is 0 Å². The third-order valence-corrected chi connectivity index (χ3v) is 2.74. The molecule has 0 amide bonds. The molecule has 0 aliphatic heterocycles. The van der Waals surface area contributed by atoms with Crippen molar-refractivity contribution in [2.24, 2.45) is 0 Å². The van der Waals surface area contributed by atoms with Crippen molar-refractivity contribution >= 4 is 17.4 Å². The molecule has 1 aromatic rings. The molecule has 1 aliphatic rings. The van der Waals surface area contributed by atoms with Crippen LogP contribution >= 0.6 is 11.6 Å². The molecule has 1 heterocycles. The molecule has 0 unspecified atom stereocenters. The molecule has 3 nitrogen and oxygen atoms in total. The Morgan fingerprint density at radius 3 is 2.86 bits per heavy atom. The predicted molar refractivity (Wildman–Crippen MR) is 53.0 cm³/mol. The van der Waals surface area contributed by atoms with Gasteiger partial charge in [-0.3, -0.25) is 0 Å². The third kappa shape index (κ3) is 1.80. The Morgan fingerprint density at radius 1 is 1.50 bits per heavy atom. The molecule has 0 saturated heterocycles. The van der Waals surface area contributed by atoms with Crippen molar-refractivity contribution in [3.05, 3.63) is 17.8 Å². The molecule has 1 aliphatic carbocycles. The highest BCUT2D eigenvalue weighted by Crippen LogP contribution is 2.28. The topological polar surface area (TPSA) is 37.8 Å². The number of aryl methyl sites for hydroxylation is 1. The summed E-state index contributed by atoms with van der Waals surface area (Å²) in [5, 5.41) is 3.23. The maximum absolute atomic E-state index is 13.4. The number of hydrogen-bond donors (Lipinski definition) is 1. The van der Waals surface area contributed by atoms with E-state index < -0.39 is 0 Å². The first-order valence-electron chi connectivity index (χ1n) is 4.54. The fraction of sp³-hybridized carbons (Fsp3) is 0.556. The van der Waals surface area contributed by atoms with E-state index in [1.165, 1.54) is 6.33 Å². The van der Waals surface area contributed by atoms with E-state index in [1.54, 1.807) is 6.92 Å². The average molecular weight is 216 g/mol.